The topological polar surface area (TPSA) is 96.0 Å². The average Bonchev–Trinajstić information content (AvgIpc) is 3.17. The van der Waals surface area contributed by atoms with Gasteiger partial charge in [0.15, 0.2) is 0 Å². The molecule has 2 aromatic rings. The fraction of sp³-hybridized carbons (Fsp3) is 0.448. The normalized spacial score (nSPS) is 16.3. The van der Waals surface area contributed by atoms with Crippen LogP contribution in [-0.2, 0) is 16.1 Å². The second-order valence-corrected chi connectivity index (χ2v) is 9.80. The van der Waals surface area contributed by atoms with Gasteiger partial charge in [-0.2, -0.15) is 0 Å². The molecule has 1 aliphatic carbocycles. The Balaban J connectivity index is 1.42. The molecule has 0 spiro atoms. The first-order valence-corrected chi connectivity index (χ1v) is 13.1. The Hall–Kier alpha value is -3.68. The largest absolute Gasteiger partial charge is 0.497 e. The second-order valence-electron chi connectivity index (χ2n) is 9.80. The molecule has 0 aromatic heterocycles. The van der Waals surface area contributed by atoms with E-state index in [0.29, 0.717) is 23.3 Å². The summed E-state index contributed by atoms with van der Waals surface area (Å²) < 4.78 is 5.32. The van der Waals surface area contributed by atoms with E-state index in [9.17, 15) is 19.2 Å². The molecule has 1 heterocycles. The van der Waals surface area contributed by atoms with Crippen molar-refractivity contribution in [3.05, 3.63) is 65.2 Å². The van der Waals surface area contributed by atoms with Crippen molar-refractivity contribution in [2.45, 2.75) is 70.5 Å². The van der Waals surface area contributed by atoms with Crippen LogP contribution in [0.4, 0.5) is 0 Å². The molecule has 8 heteroatoms. The van der Waals surface area contributed by atoms with Gasteiger partial charge in [-0.3, -0.25) is 24.1 Å². The Morgan fingerprint density at radius 3 is 2.35 bits per heavy atom. The number of nitrogens with zero attached hydrogens (tertiary/aromatic N) is 2. The highest BCUT2D eigenvalue weighted by atomic mass is 16.5. The van der Waals surface area contributed by atoms with E-state index < -0.39 is 6.04 Å². The molecule has 0 bridgehead atoms. The van der Waals surface area contributed by atoms with Crippen LogP contribution in [0.3, 0.4) is 0 Å². The minimum Gasteiger partial charge on any atom is -0.497 e. The van der Waals surface area contributed by atoms with Gasteiger partial charge < -0.3 is 15.0 Å². The minimum atomic E-state index is -0.667. The summed E-state index contributed by atoms with van der Waals surface area (Å²) in [6.07, 6.45) is 5.74. The Kier molecular flexibility index (Phi) is 8.58. The van der Waals surface area contributed by atoms with Gasteiger partial charge in [0.25, 0.3) is 11.8 Å². The summed E-state index contributed by atoms with van der Waals surface area (Å²) in [5.74, 6) is -0.355. The number of hydrogen-bond donors (Lipinski definition) is 1. The summed E-state index contributed by atoms with van der Waals surface area (Å²) in [7, 11) is 1.58. The number of ether oxygens (including phenoxy) is 1. The van der Waals surface area contributed by atoms with Gasteiger partial charge >= 0.3 is 0 Å². The van der Waals surface area contributed by atoms with Crippen LogP contribution in [0, 0.1) is 0 Å². The standard InChI is InChI=1S/C29H35N3O5/c1-20(27(34)30-22-11-4-3-5-12-22)32(19-21-10-8-13-23(18-21)37-2)26(33)16-9-17-31-28(35)24-14-6-7-15-25(24)29(31)36/h6-8,10,13-15,18,20,22H,3-5,9,11-12,16-17,19H2,1-2H3,(H,30,34)/t20-/m0/s1. The summed E-state index contributed by atoms with van der Waals surface area (Å²) in [5.41, 5.74) is 1.64. The van der Waals surface area contributed by atoms with Crippen molar-refractivity contribution in [2.75, 3.05) is 13.7 Å². The van der Waals surface area contributed by atoms with E-state index >= 15 is 0 Å². The minimum absolute atomic E-state index is 0.110. The molecular weight excluding hydrogens is 470 g/mol. The molecule has 0 saturated heterocycles. The molecule has 4 rings (SSSR count). The van der Waals surface area contributed by atoms with Gasteiger partial charge in [-0.25, -0.2) is 0 Å². The van der Waals surface area contributed by atoms with Gasteiger partial charge in [0, 0.05) is 25.6 Å². The first-order valence-electron chi connectivity index (χ1n) is 13.1. The third-order valence-corrected chi connectivity index (χ3v) is 7.26. The van der Waals surface area contributed by atoms with Gasteiger partial charge in [0.05, 0.1) is 18.2 Å². The lowest BCUT2D eigenvalue weighted by molar-refractivity contribution is -0.141. The van der Waals surface area contributed by atoms with Crippen LogP contribution in [0.5, 0.6) is 5.75 Å². The third kappa shape index (κ3) is 6.18. The zero-order valence-electron chi connectivity index (χ0n) is 21.6. The maximum atomic E-state index is 13.4. The summed E-state index contributed by atoms with van der Waals surface area (Å²) in [4.78, 5) is 54.6. The monoisotopic (exact) mass is 505 g/mol. The molecule has 2 aliphatic rings. The molecule has 1 atom stereocenters. The highest BCUT2D eigenvalue weighted by Crippen LogP contribution is 2.23. The van der Waals surface area contributed by atoms with Crippen molar-refractivity contribution in [1.29, 1.82) is 0 Å². The Bertz CT molecular complexity index is 1120. The Labute approximate surface area is 218 Å². The first kappa shape index (κ1) is 26.4. The zero-order chi connectivity index (χ0) is 26.4. The fourth-order valence-corrected chi connectivity index (χ4v) is 5.09. The predicted octanol–water partition coefficient (Wildman–Crippen LogP) is 3.94. The number of amides is 4. The van der Waals surface area contributed by atoms with Crippen molar-refractivity contribution in [1.82, 2.24) is 15.1 Å². The maximum Gasteiger partial charge on any atom is 0.261 e. The molecule has 37 heavy (non-hydrogen) atoms. The number of imide groups is 1. The molecule has 1 aliphatic heterocycles. The molecule has 1 fully saturated rings. The number of hydrogen-bond acceptors (Lipinski definition) is 5. The number of nitrogens with one attached hydrogen (secondary N) is 1. The second kappa shape index (κ2) is 12.0. The lowest BCUT2D eigenvalue weighted by Gasteiger charge is -2.31. The fourth-order valence-electron chi connectivity index (χ4n) is 5.09. The van der Waals surface area contributed by atoms with E-state index in [2.05, 4.69) is 5.32 Å². The van der Waals surface area contributed by atoms with Gasteiger partial charge in [0.1, 0.15) is 11.8 Å². The number of rotatable bonds is 10. The number of carbonyl (C=O) groups is 4. The van der Waals surface area contributed by atoms with Gasteiger partial charge in [-0.15, -0.1) is 0 Å². The van der Waals surface area contributed by atoms with Crippen LogP contribution >= 0.6 is 0 Å². The van der Waals surface area contributed by atoms with Gasteiger partial charge in [0.2, 0.25) is 11.8 Å². The highest BCUT2D eigenvalue weighted by molar-refractivity contribution is 6.21. The maximum absolute atomic E-state index is 13.4. The molecule has 0 unspecified atom stereocenters. The first-order chi connectivity index (χ1) is 17.9. The van der Waals surface area contributed by atoms with Gasteiger partial charge in [-0.1, -0.05) is 43.5 Å². The van der Waals surface area contributed by atoms with Crippen molar-refractivity contribution < 1.29 is 23.9 Å². The van der Waals surface area contributed by atoms with Gasteiger partial charge in [-0.05, 0) is 56.0 Å². The van der Waals surface area contributed by atoms with Crippen molar-refractivity contribution in [3.8, 4) is 5.75 Å². The molecule has 0 radical (unpaired) electrons. The molecule has 2 aromatic carbocycles. The van der Waals surface area contributed by atoms with E-state index in [1.54, 1.807) is 43.2 Å². The van der Waals surface area contributed by atoms with Crippen molar-refractivity contribution in [2.24, 2.45) is 0 Å². The van der Waals surface area contributed by atoms with Crippen LogP contribution in [-0.4, -0.2) is 59.2 Å². The summed E-state index contributed by atoms with van der Waals surface area (Å²) in [5, 5.41) is 3.13. The summed E-state index contributed by atoms with van der Waals surface area (Å²) in [6.45, 7) is 2.15. The molecule has 1 N–H and O–H groups in total. The molecule has 4 amide bonds. The summed E-state index contributed by atoms with van der Waals surface area (Å²) >= 11 is 0. The third-order valence-electron chi connectivity index (χ3n) is 7.26. The number of carbonyl (C=O) groups excluding carboxylic acids is 4. The average molecular weight is 506 g/mol. The number of methoxy groups -OCH3 is 1. The van der Waals surface area contributed by atoms with E-state index in [1.807, 2.05) is 24.3 Å². The van der Waals surface area contributed by atoms with E-state index in [4.69, 9.17) is 4.74 Å². The zero-order valence-corrected chi connectivity index (χ0v) is 21.6. The number of fused-ring (bicyclic) bond motifs is 1. The Morgan fingerprint density at radius 2 is 1.70 bits per heavy atom. The lowest BCUT2D eigenvalue weighted by Crippen LogP contribution is -2.50. The molecular formula is C29H35N3O5. The van der Waals surface area contributed by atoms with Crippen LogP contribution in [0.15, 0.2) is 48.5 Å². The van der Waals surface area contributed by atoms with Crippen LogP contribution in [0.1, 0.15) is 78.1 Å². The number of benzene rings is 2. The van der Waals surface area contributed by atoms with E-state index in [-0.39, 0.29) is 49.2 Å². The Morgan fingerprint density at radius 1 is 1.03 bits per heavy atom. The quantitative estimate of drug-likeness (QED) is 0.494. The van der Waals surface area contributed by atoms with Crippen LogP contribution < -0.4 is 10.1 Å². The van der Waals surface area contributed by atoms with Crippen molar-refractivity contribution >= 4 is 23.6 Å². The van der Waals surface area contributed by atoms with E-state index in [1.165, 1.54) is 11.3 Å². The molecule has 196 valence electrons. The lowest BCUT2D eigenvalue weighted by atomic mass is 9.95. The molecule has 8 nitrogen and oxygen atoms in total. The van der Waals surface area contributed by atoms with Crippen molar-refractivity contribution in [3.63, 3.8) is 0 Å². The summed E-state index contributed by atoms with van der Waals surface area (Å²) in [6, 6.07) is 13.7. The highest BCUT2D eigenvalue weighted by Gasteiger charge is 2.35. The smallest absolute Gasteiger partial charge is 0.261 e. The van der Waals surface area contributed by atoms with E-state index in [0.717, 1.165) is 31.2 Å². The predicted molar refractivity (Wildman–Crippen MR) is 139 cm³/mol. The van der Waals surface area contributed by atoms with Crippen LogP contribution in [0.2, 0.25) is 0 Å². The van der Waals surface area contributed by atoms with Crippen LogP contribution in [0.25, 0.3) is 0 Å². The molecule has 1 saturated carbocycles. The SMILES string of the molecule is COc1cccc(CN(C(=O)CCCN2C(=O)c3ccccc3C2=O)[C@@H](C)C(=O)NC2CCCCC2)c1.